The highest BCUT2D eigenvalue weighted by Crippen LogP contribution is 2.23. The molecule has 0 aromatic heterocycles. The number of rotatable bonds is 3. The molecule has 2 saturated heterocycles. The van der Waals surface area contributed by atoms with Gasteiger partial charge in [0, 0.05) is 44.3 Å². The Morgan fingerprint density at radius 2 is 2.00 bits per heavy atom. The quantitative estimate of drug-likeness (QED) is 0.855. The molecule has 2 N–H and O–H groups in total. The Morgan fingerprint density at radius 3 is 2.65 bits per heavy atom. The Labute approximate surface area is 120 Å². The number of amides is 1. The lowest BCUT2D eigenvalue weighted by Gasteiger charge is -2.36. The highest BCUT2D eigenvalue weighted by atomic mass is 16.2. The first kappa shape index (κ1) is 13.4. The average Bonchev–Trinajstić information content (AvgIpc) is 2.86. The van der Waals surface area contributed by atoms with Crippen LogP contribution in [-0.4, -0.2) is 41.4 Å². The van der Waals surface area contributed by atoms with Gasteiger partial charge in [0.1, 0.15) is 0 Å². The van der Waals surface area contributed by atoms with E-state index >= 15 is 0 Å². The summed E-state index contributed by atoms with van der Waals surface area (Å²) in [7, 11) is 0. The number of nitrogens with two attached hydrogens (primary N) is 1. The smallest absolute Gasteiger partial charge is 0.222 e. The lowest BCUT2D eigenvalue weighted by molar-refractivity contribution is -0.130. The molecule has 1 aromatic rings. The summed E-state index contributed by atoms with van der Waals surface area (Å²) in [6, 6.07) is 8.60. The number of hydrogen-bond acceptors (Lipinski definition) is 3. The van der Waals surface area contributed by atoms with Crippen molar-refractivity contribution in [2.24, 2.45) is 0 Å². The monoisotopic (exact) mass is 273 g/mol. The van der Waals surface area contributed by atoms with Crippen molar-refractivity contribution in [1.82, 2.24) is 9.80 Å². The van der Waals surface area contributed by atoms with Gasteiger partial charge in [-0.25, -0.2) is 0 Å². The van der Waals surface area contributed by atoms with Crippen molar-refractivity contribution in [1.29, 1.82) is 0 Å². The van der Waals surface area contributed by atoms with Gasteiger partial charge in [0.25, 0.3) is 0 Å². The molecule has 2 aliphatic rings. The lowest BCUT2D eigenvalue weighted by Crippen LogP contribution is -2.45. The third-order valence-electron chi connectivity index (χ3n) is 4.47. The van der Waals surface area contributed by atoms with Crippen LogP contribution < -0.4 is 5.73 Å². The van der Waals surface area contributed by atoms with Crippen molar-refractivity contribution < 1.29 is 4.79 Å². The molecule has 0 bridgehead atoms. The fourth-order valence-electron chi connectivity index (χ4n) is 3.39. The lowest BCUT2D eigenvalue weighted by atomic mass is 10.0. The van der Waals surface area contributed by atoms with E-state index in [1.165, 1.54) is 5.56 Å². The Morgan fingerprint density at radius 1 is 1.20 bits per heavy atom. The molecule has 2 aliphatic heterocycles. The van der Waals surface area contributed by atoms with Gasteiger partial charge in [0.05, 0.1) is 0 Å². The summed E-state index contributed by atoms with van der Waals surface area (Å²) in [5.74, 6) is 0.360. The molecule has 2 fully saturated rings. The molecule has 0 aliphatic carbocycles. The predicted octanol–water partition coefficient (Wildman–Crippen LogP) is 1.86. The van der Waals surface area contributed by atoms with E-state index in [1.54, 1.807) is 0 Å². The van der Waals surface area contributed by atoms with Gasteiger partial charge in [-0.2, -0.15) is 0 Å². The maximum absolute atomic E-state index is 11.8. The van der Waals surface area contributed by atoms with Crippen molar-refractivity contribution in [3.63, 3.8) is 0 Å². The topological polar surface area (TPSA) is 49.6 Å². The second-order valence-corrected chi connectivity index (χ2v) is 5.94. The minimum absolute atomic E-state index is 0.360. The van der Waals surface area contributed by atoms with Gasteiger partial charge in [0.15, 0.2) is 0 Å². The Balaban J connectivity index is 1.52. The zero-order valence-corrected chi connectivity index (χ0v) is 11.9. The van der Waals surface area contributed by atoms with E-state index < -0.39 is 0 Å². The van der Waals surface area contributed by atoms with Gasteiger partial charge in [-0.1, -0.05) is 12.1 Å². The molecular formula is C16H23N3O. The fourth-order valence-corrected chi connectivity index (χ4v) is 3.39. The van der Waals surface area contributed by atoms with Crippen LogP contribution in [-0.2, 0) is 11.3 Å². The number of benzene rings is 1. The largest absolute Gasteiger partial charge is 0.399 e. The number of hydrogen-bond donors (Lipinski definition) is 1. The summed E-state index contributed by atoms with van der Waals surface area (Å²) in [5.41, 5.74) is 7.93. The third-order valence-corrected chi connectivity index (χ3v) is 4.47. The van der Waals surface area contributed by atoms with Crippen LogP contribution in [0, 0.1) is 0 Å². The highest BCUT2D eigenvalue weighted by molar-refractivity contribution is 5.78. The van der Waals surface area contributed by atoms with Crippen LogP contribution in [0.1, 0.15) is 31.2 Å². The van der Waals surface area contributed by atoms with Crippen molar-refractivity contribution in [3.8, 4) is 0 Å². The van der Waals surface area contributed by atoms with Gasteiger partial charge in [-0.3, -0.25) is 9.69 Å². The van der Waals surface area contributed by atoms with Gasteiger partial charge in [-0.15, -0.1) is 0 Å². The first-order valence-corrected chi connectivity index (χ1v) is 7.58. The van der Waals surface area contributed by atoms with Crippen LogP contribution in [0.15, 0.2) is 24.3 Å². The second-order valence-electron chi connectivity index (χ2n) is 5.94. The van der Waals surface area contributed by atoms with Crippen molar-refractivity contribution >= 4 is 11.6 Å². The number of nitrogens with zero attached hydrogens (tertiary/aromatic N) is 2. The zero-order valence-electron chi connectivity index (χ0n) is 11.9. The van der Waals surface area contributed by atoms with E-state index in [4.69, 9.17) is 5.73 Å². The molecule has 3 rings (SSSR count). The predicted molar refractivity (Wildman–Crippen MR) is 80.1 cm³/mol. The van der Waals surface area contributed by atoms with Crippen molar-refractivity contribution in [3.05, 3.63) is 29.8 Å². The molecule has 0 atom stereocenters. The molecule has 0 radical (unpaired) electrons. The normalized spacial score (nSPS) is 21.6. The molecule has 0 spiro atoms. The number of anilines is 1. The number of likely N-dealkylation sites (tertiary alicyclic amines) is 2. The Hall–Kier alpha value is -1.55. The average molecular weight is 273 g/mol. The van der Waals surface area contributed by atoms with E-state index in [1.807, 2.05) is 12.1 Å². The maximum Gasteiger partial charge on any atom is 0.222 e. The zero-order chi connectivity index (χ0) is 13.9. The van der Waals surface area contributed by atoms with Crippen LogP contribution in [0.4, 0.5) is 5.69 Å². The molecule has 20 heavy (non-hydrogen) atoms. The van der Waals surface area contributed by atoms with Gasteiger partial charge in [0.2, 0.25) is 5.91 Å². The third kappa shape index (κ3) is 2.96. The number of piperidine rings is 1. The highest BCUT2D eigenvalue weighted by Gasteiger charge is 2.30. The molecule has 0 saturated carbocycles. The summed E-state index contributed by atoms with van der Waals surface area (Å²) < 4.78 is 0. The maximum atomic E-state index is 11.8. The summed E-state index contributed by atoms with van der Waals surface area (Å²) in [6.07, 6.45) is 4.01. The van der Waals surface area contributed by atoms with Crippen molar-refractivity contribution in [2.45, 2.75) is 38.3 Å². The first-order chi connectivity index (χ1) is 9.72. The molecule has 1 aromatic carbocycles. The minimum atomic E-state index is 0.360. The molecule has 1 amide bonds. The van der Waals surface area contributed by atoms with E-state index in [0.717, 1.165) is 57.5 Å². The van der Waals surface area contributed by atoms with Crippen LogP contribution >= 0.6 is 0 Å². The van der Waals surface area contributed by atoms with Crippen LogP contribution in [0.2, 0.25) is 0 Å². The molecule has 108 valence electrons. The van der Waals surface area contributed by atoms with E-state index in [-0.39, 0.29) is 0 Å². The molecule has 4 nitrogen and oxygen atoms in total. The summed E-state index contributed by atoms with van der Waals surface area (Å²) >= 11 is 0. The van der Waals surface area contributed by atoms with Crippen LogP contribution in [0.5, 0.6) is 0 Å². The van der Waals surface area contributed by atoms with Gasteiger partial charge in [-0.05, 0) is 37.0 Å². The second kappa shape index (κ2) is 5.83. The fraction of sp³-hybridized carbons (Fsp3) is 0.562. The number of carbonyl (C=O) groups excluding carboxylic acids is 1. The van der Waals surface area contributed by atoms with E-state index in [0.29, 0.717) is 11.9 Å². The molecule has 0 unspecified atom stereocenters. The standard InChI is InChI=1S/C16H23N3O/c17-14-4-1-3-13(11-14)12-18-9-6-15(7-10-18)19-8-2-5-16(19)20/h1,3-4,11,15H,2,5-10,12,17H2. The van der Waals surface area contributed by atoms with Gasteiger partial charge < -0.3 is 10.6 Å². The van der Waals surface area contributed by atoms with Crippen LogP contribution in [0.25, 0.3) is 0 Å². The Kier molecular flexibility index (Phi) is 3.92. The van der Waals surface area contributed by atoms with E-state index in [2.05, 4.69) is 21.9 Å². The molecular weight excluding hydrogens is 250 g/mol. The molecule has 4 heteroatoms. The minimum Gasteiger partial charge on any atom is -0.399 e. The SMILES string of the molecule is Nc1cccc(CN2CCC(N3CCCC3=O)CC2)c1. The molecule has 2 heterocycles. The summed E-state index contributed by atoms with van der Waals surface area (Å²) in [4.78, 5) is 16.4. The number of nitrogen functional groups attached to an aromatic ring is 1. The van der Waals surface area contributed by atoms with Crippen LogP contribution in [0.3, 0.4) is 0 Å². The first-order valence-electron chi connectivity index (χ1n) is 7.58. The van der Waals surface area contributed by atoms with Gasteiger partial charge >= 0.3 is 0 Å². The van der Waals surface area contributed by atoms with Crippen molar-refractivity contribution in [2.75, 3.05) is 25.4 Å². The summed E-state index contributed by atoms with van der Waals surface area (Å²) in [6.45, 7) is 4.08. The Bertz CT molecular complexity index is 480. The summed E-state index contributed by atoms with van der Waals surface area (Å²) in [5, 5.41) is 0. The van der Waals surface area contributed by atoms with E-state index in [9.17, 15) is 4.79 Å². The number of carbonyl (C=O) groups is 1.